The number of nitrogens with one attached hydrogen (secondary N) is 3. The van der Waals surface area contributed by atoms with Gasteiger partial charge in [0.05, 0.1) is 22.1 Å². The van der Waals surface area contributed by atoms with Crippen LogP contribution in [0, 0.1) is 6.92 Å². The van der Waals surface area contributed by atoms with Crippen LogP contribution in [-0.4, -0.2) is 47.4 Å². The maximum atomic E-state index is 13.1. The van der Waals surface area contributed by atoms with Gasteiger partial charge in [0.2, 0.25) is 5.95 Å². The Bertz CT molecular complexity index is 1370. The molecule has 0 amide bonds. The number of para-hydroxylation sites is 2. The third-order valence-corrected chi connectivity index (χ3v) is 7.13. The topological polar surface area (TPSA) is 114 Å². The largest absolute Gasteiger partial charge is 0.488 e. The number of benzene rings is 2. The number of aryl methyl sites for hydroxylation is 2. The van der Waals surface area contributed by atoms with Gasteiger partial charge in [-0.05, 0) is 56.1 Å². The lowest BCUT2D eigenvalue weighted by molar-refractivity contribution is 0.278. The van der Waals surface area contributed by atoms with Crippen molar-refractivity contribution in [2.24, 2.45) is 7.05 Å². The molecule has 3 N–H and O–H groups in total. The number of aromatic nitrogens is 4. The van der Waals surface area contributed by atoms with Gasteiger partial charge in [0.25, 0.3) is 10.0 Å². The first-order valence-electron chi connectivity index (χ1n) is 10.9. The molecule has 0 radical (unpaired) electrons. The fourth-order valence-electron chi connectivity index (χ4n) is 4.06. The molecule has 0 spiro atoms. The molecular weight excluding hydrogens is 440 g/mol. The van der Waals surface area contributed by atoms with Gasteiger partial charge < -0.3 is 15.0 Å². The zero-order chi connectivity index (χ0) is 23.0. The number of sulfonamides is 1. The van der Waals surface area contributed by atoms with Crippen LogP contribution in [0.4, 0.5) is 5.95 Å². The van der Waals surface area contributed by atoms with E-state index in [1.165, 1.54) is 0 Å². The first-order valence-corrected chi connectivity index (χ1v) is 12.4. The molecule has 2 aromatic carbocycles. The molecule has 172 valence electrons. The van der Waals surface area contributed by atoms with Crippen LogP contribution in [0.25, 0.3) is 22.3 Å². The summed E-state index contributed by atoms with van der Waals surface area (Å²) in [6.07, 6.45) is 4.04. The third kappa shape index (κ3) is 4.44. The van der Waals surface area contributed by atoms with E-state index < -0.39 is 10.0 Å². The zero-order valence-corrected chi connectivity index (χ0v) is 19.3. The van der Waals surface area contributed by atoms with Crippen LogP contribution in [0.15, 0.2) is 53.6 Å². The molecule has 33 heavy (non-hydrogen) atoms. The van der Waals surface area contributed by atoms with E-state index in [0.29, 0.717) is 35.2 Å². The Morgan fingerprint density at radius 2 is 2.09 bits per heavy atom. The highest BCUT2D eigenvalue weighted by molar-refractivity contribution is 7.92. The van der Waals surface area contributed by atoms with Gasteiger partial charge in [0.1, 0.15) is 12.3 Å². The van der Waals surface area contributed by atoms with Gasteiger partial charge >= 0.3 is 0 Å². The maximum Gasteiger partial charge on any atom is 0.264 e. The van der Waals surface area contributed by atoms with E-state index >= 15 is 0 Å². The Hall–Kier alpha value is -3.37. The molecule has 1 atom stereocenters. The Balaban J connectivity index is 1.44. The fraction of sp³-hybridized carbons (Fsp3) is 0.304. The van der Waals surface area contributed by atoms with Crippen LogP contribution in [0.5, 0.6) is 5.75 Å². The number of nitrogens with zero attached hydrogens (tertiary/aromatic N) is 3. The summed E-state index contributed by atoms with van der Waals surface area (Å²) in [5.41, 5.74) is 3.67. The average Bonchev–Trinajstić information content (AvgIpc) is 3.51. The van der Waals surface area contributed by atoms with Crippen molar-refractivity contribution in [1.82, 2.24) is 25.1 Å². The summed E-state index contributed by atoms with van der Waals surface area (Å²) in [4.78, 5) is 7.43. The molecule has 0 saturated carbocycles. The molecule has 1 aliphatic rings. The van der Waals surface area contributed by atoms with E-state index in [2.05, 4.69) is 25.1 Å². The quantitative estimate of drug-likeness (QED) is 0.385. The molecule has 1 aliphatic heterocycles. The normalized spacial score (nSPS) is 16.4. The van der Waals surface area contributed by atoms with Crippen molar-refractivity contribution in [3.05, 3.63) is 54.2 Å². The van der Waals surface area contributed by atoms with E-state index in [-0.39, 0.29) is 10.8 Å². The number of imidazole rings is 1. The van der Waals surface area contributed by atoms with Gasteiger partial charge in [-0.3, -0.25) is 4.68 Å². The van der Waals surface area contributed by atoms with Gasteiger partial charge in [-0.2, -0.15) is 5.10 Å². The van der Waals surface area contributed by atoms with E-state index in [1.54, 1.807) is 22.9 Å². The number of anilines is 1. The Morgan fingerprint density at radius 1 is 1.24 bits per heavy atom. The highest BCUT2D eigenvalue weighted by Gasteiger charge is 2.22. The molecule has 0 bridgehead atoms. The molecule has 4 aromatic rings. The van der Waals surface area contributed by atoms with Crippen LogP contribution < -0.4 is 14.8 Å². The number of hydrogen-bond acceptors (Lipinski definition) is 6. The second-order valence-corrected chi connectivity index (χ2v) is 9.99. The Kier molecular flexibility index (Phi) is 5.55. The number of rotatable bonds is 7. The standard InChI is InChI=1S/C23H26N6O3S/c1-15-9-10-17(33(30,31)28-23-25-19-7-3-4-8-20(19)26-23)12-18(15)22-21(13-29(2)27-22)32-14-16-6-5-11-24-16/h3-4,7-10,12-13,16,24H,5-6,11,14H2,1-2H3,(H2,25,26,28)/t16-/m1/s1. The first kappa shape index (κ1) is 21.5. The van der Waals surface area contributed by atoms with Gasteiger partial charge in [-0.1, -0.05) is 18.2 Å². The van der Waals surface area contributed by atoms with Crippen LogP contribution in [0.3, 0.4) is 0 Å². The minimum absolute atomic E-state index is 0.123. The molecule has 2 aromatic heterocycles. The molecule has 3 heterocycles. The van der Waals surface area contributed by atoms with E-state index in [1.807, 2.05) is 44.4 Å². The number of H-pyrrole nitrogens is 1. The predicted octanol–water partition coefficient (Wildman–Crippen LogP) is 3.20. The van der Waals surface area contributed by atoms with Crippen molar-refractivity contribution < 1.29 is 13.2 Å². The summed E-state index contributed by atoms with van der Waals surface area (Å²) < 4.78 is 36.6. The SMILES string of the molecule is Cc1ccc(S(=O)(=O)Nc2nc3ccccc3[nH]2)cc1-c1nn(C)cc1OC[C@H]1CCCN1. The summed E-state index contributed by atoms with van der Waals surface area (Å²) in [5.74, 6) is 0.804. The van der Waals surface area contributed by atoms with Gasteiger partial charge in [-0.15, -0.1) is 0 Å². The highest BCUT2D eigenvalue weighted by Crippen LogP contribution is 2.33. The summed E-state index contributed by atoms with van der Waals surface area (Å²) >= 11 is 0. The second-order valence-electron chi connectivity index (χ2n) is 8.30. The minimum Gasteiger partial charge on any atom is -0.488 e. The lowest BCUT2D eigenvalue weighted by Crippen LogP contribution is -2.28. The fourth-order valence-corrected chi connectivity index (χ4v) is 5.05. The number of ether oxygens (including phenoxy) is 1. The summed E-state index contributed by atoms with van der Waals surface area (Å²) in [6.45, 7) is 3.48. The molecule has 1 saturated heterocycles. The molecule has 10 heteroatoms. The monoisotopic (exact) mass is 466 g/mol. The summed E-state index contributed by atoms with van der Waals surface area (Å²) in [5, 5.41) is 7.98. The maximum absolute atomic E-state index is 13.1. The molecule has 1 fully saturated rings. The average molecular weight is 467 g/mol. The zero-order valence-electron chi connectivity index (χ0n) is 18.5. The van der Waals surface area contributed by atoms with Gasteiger partial charge in [0.15, 0.2) is 5.75 Å². The van der Waals surface area contributed by atoms with Crippen LogP contribution in [-0.2, 0) is 17.1 Å². The van der Waals surface area contributed by atoms with E-state index in [0.717, 1.165) is 30.5 Å². The third-order valence-electron chi connectivity index (χ3n) is 5.79. The van der Waals surface area contributed by atoms with Crippen molar-refractivity contribution in [2.75, 3.05) is 17.9 Å². The first-order chi connectivity index (χ1) is 15.9. The van der Waals surface area contributed by atoms with Crippen LogP contribution >= 0.6 is 0 Å². The van der Waals surface area contributed by atoms with Crippen molar-refractivity contribution in [3.8, 4) is 17.0 Å². The Labute approximate surface area is 192 Å². The molecule has 5 rings (SSSR count). The van der Waals surface area contributed by atoms with Crippen molar-refractivity contribution in [3.63, 3.8) is 0 Å². The second kappa shape index (κ2) is 8.53. The van der Waals surface area contributed by atoms with E-state index in [4.69, 9.17) is 4.74 Å². The Morgan fingerprint density at radius 3 is 2.88 bits per heavy atom. The number of aromatic amines is 1. The van der Waals surface area contributed by atoms with Crippen molar-refractivity contribution >= 4 is 27.0 Å². The van der Waals surface area contributed by atoms with Crippen molar-refractivity contribution in [1.29, 1.82) is 0 Å². The summed E-state index contributed by atoms with van der Waals surface area (Å²) in [6, 6.07) is 12.7. The van der Waals surface area contributed by atoms with Crippen molar-refractivity contribution in [2.45, 2.75) is 30.7 Å². The molecule has 9 nitrogen and oxygen atoms in total. The lowest BCUT2D eigenvalue weighted by Gasteiger charge is -2.13. The molecular formula is C23H26N6O3S. The molecule has 0 unspecified atom stereocenters. The summed E-state index contributed by atoms with van der Waals surface area (Å²) in [7, 11) is -2.05. The predicted molar refractivity (Wildman–Crippen MR) is 127 cm³/mol. The van der Waals surface area contributed by atoms with Gasteiger partial charge in [0, 0.05) is 18.7 Å². The lowest BCUT2D eigenvalue weighted by atomic mass is 10.1. The van der Waals surface area contributed by atoms with Crippen LogP contribution in [0.2, 0.25) is 0 Å². The van der Waals surface area contributed by atoms with Gasteiger partial charge in [-0.25, -0.2) is 18.1 Å². The highest BCUT2D eigenvalue weighted by atomic mass is 32.2. The number of hydrogen-bond donors (Lipinski definition) is 3. The van der Waals surface area contributed by atoms with E-state index in [9.17, 15) is 8.42 Å². The molecule has 0 aliphatic carbocycles. The minimum atomic E-state index is -3.87. The van der Waals surface area contributed by atoms with Crippen LogP contribution in [0.1, 0.15) is 18.4 Å². The smallest absolute Gasteiger partial charge is 0.264 e. The number of fused-ring (bicyclic) bond motifs is 1.